The maximum atomic E-state index is 13.6. The standard InChI is InChI=1S/C18H21FN2O4/c1-6-13-12-10-11(19)8-9-14(12)20-18(13,15(22)24-7-2)21-16(23)25-17(3,4)5/h1,8-10,13,20H,7H2,2-5H3,(H,21,23). The van der Waals surface area contributed by atoms with Crippen molar-refractivity contribution >= 4 is 17.7 Å². The van der Waals surface area contributed by atoms with Crippen molar-refractivity contribution in [3.63, 3.8) is 0 Å². The second kappa shape index (κ2) is 6.63. The number of rotatable bonds is 3. The second-order valence-electron chi connectivity index (χ2n) is 6.61. The molecule has 1 heterocycles. The van der Waals surface area contributed by atoms with Crippen molar-refractivity contribution in [3.05, 3.63) is 29.6 Å². The Morgan fingerprint density at radius 2 is 2.12 bits per heavy atom. The molecule has 0 spiro atoms. The van der Waals surface area contributed by atoms with Crippen molar-refractivity contribution in [2.75, 3.05) is 11.9 Å². The molecule has 0 aliphatic carbocycles. The van der Waals surface area contributed by atoms with E-state index in [4.69, 9.17) is 15.9 Å². The zero-order valence-electron chi connectivity index (χ0n) is 14.6. The van der Waals surface area contributed by atoms with Crippen molar-refractivity contribution in [1.29, 1.82) is 0 Å². The van der Waals surface area contributed by atoms with E-state index in [1.165, 1.54) is 18.2 Å². The average Bonchev–Trinajstić information content (AvgIpc) is 2.78. The minimum Gasteiger partial charge on any atom is -0.463 e. The van der Waals surface area contributed by atoms with Gasteiger partial charge in [-0.15, -0.1) is 6.42 Å². The summed E-state index contributed by atoms with van der Waals surface area (Å²) >= 11 is 0. The molecule has 6 nitrogen and oxygen atoms in total. The lowest BCUT2D eigenvalue weighted by Gasteiger charge is -2.33. The first-order valence-corrected chi connectivity index (χ1v) is 7.85. The lowest BCUT2D eigenvalue weighted by molar-refractivity contribution is -0.150. The molecule has 0 saturated heterocycles. The minimum absolute atomic E-state index is 0.0836. The number of benzene rings is 1. The van der Waals surface area contributed by atoms with Gasteiger partial charge in [-0.05, 0) is 51.5 Å². The van der Waals surface area contributed by atoms with Gasteiger partial charge in [0.15, 0.2) is 0 Å². The Balaban J connectivity index is 2.45. The molecule has 2 unspecified atom stereocenters. The molecule has 1 aliphatic heterocycles. The summed E-state index contributed by atoms with van der Waals surface area (Å²) in [6.45, 7) is 6.78. The predicted molar refractivity (Wildman–Crippen MR) is 90.3 cm³/mol. The van der Waals surface area contributed by atoms with Gasteiger partial charge in [-0.1, -0.05) is 5.92 Å². The van der Waals surface area contributed by atoms with Crippen molar-refractivity contribution in [2.45, 2.75) is 44.9 Å². The number of hydrogen-bond acceptors (Lipinski definition) is 5. The molecule has 7 heteroatoms. The quantitative estimate of drug-likeness (QED) is 0.649. The topological polar surface area (TPSA) is 76.7 Å². The van der Waals surface area contributed by atoms with Crippen molar-refractivity contribution in [3.8, 4) is 12.3 Å². The molecule has 0 fully saturated rings. The van der Waals surface area contributed by atoms with Crippen LogP contribution in [0, 0.1) is 18.2 Å². The molecule has 1 aromatic rings. The number of halogens is 1. The summed E-state index contributed by atoms with van der Waals surface area (Å²) in [5, 5.41) is 5.37. The molecule has 1 amide bonds. The van der Waals surface area contributed by atoms with E-state index in [-0.39, 0.29) is 6.61 Å². The molecule has 2 rings (SSSR count). The number of amides is 1. The number of terminal acetylenes is 1. The van der Waals surface area contributed by atoms with Crippen LogP contribution in [0.4, 0.5) is 14.9 Å². The van der Waals surface area contributed by atoms with E-state index in [1.807, 2.05) is 0 Å². The fourth-order valence-electron chi connectivity index (χ4n) is 2.65. The number of anilines is 1. The van der Waals surface area contributed by atoms with Crippen LogP contribution in [0.3, 0.4) is 0 Å². The summed E-state index contributed by atoms with van der Waals surface area (Å²) in [5.74, 6) is 0.198. The summed E-state index contributed by atoms with van der Waals surface area (Å²) in [5.41, 5.74) is -1.73. The first-order valence-electron chi connectivity index (χ1n) is 7.85. The number of carbonyl (C=O) groups is 2. The number of hydrogen-bond donors (Lipinski definition) is 2. The van der Waals surface area contributed by atoms with Gasteiger partial charge in [0.2, 0.25) is 5.66 Å². The van der Waals surface area contributed by atoms with Crippen LogP contribution in [-0.2, 0) is 14.3 Å². The number of ether oxygens (including phenoxy) is 2. The molecule has 1 aromatic carbocycles. The third kappa shape index (κ3) is 3.68. The number of carbonyl (C=O) groups excluding carboxylic acids is 2. The summed E-state index contributed by atoms with van der Waals surface area (Å²) < 4.78 is 24.0. The molecule has 1 aliphatic rings. The first kappa shape index (κ1) is 18.6. The van der Waals surface area contributed by atoms with Gasteiger partial charge in [0, 0.05) is 5.69 Å². The smallest absolute Gasteiger partial charge is 0.410 e. The first-order chi connectivity index (χ1) is 11.6. The van der Waals surface area contributed by atoms with E-state index >= 15 is 0 Å². The lowest BCUT2D eigenvalue weighted by Crippen LogP contribution is -2.62. The molecular formula is C18H21FN2O4. The van der Waals surface area contributed by atoms with E-state index < -0.39 is 35.1 Å². The van der Waals surface area contributed by atoms with Crippen molar-refractivity contribution in [1.82, 2.24) is 5.32 Å². The molecule has 2 N–H and O–H groups in total. The summed E-state index contributed by atoms with van der Waals surface area (Å²) in [6, 6.07) is 3.91. The van der Waals surface area contributed by atoms with Gasteiger partial charge in [0.25, 0.3) is 0 Å². The van der Waals surface area contributed by atoms with E-state index in [1.54, 1.807) is 27.7 Å². The second-order valence-corrected chi connectivity index (χ2v) is 6.61. The highest BCUT2D eigenvalue weighted by Crippen LogP contribution is 2.42. The number of esters is 1. The van der Waals surface area contributed by atoms with Gasteiger partial charge in [0.05, 0.1) is 6.61 Å². The van der Waals surface area contributed by atoms with E-state index in [2.05, 4.69) is 16.6 Å². The Hall–Kier alpha value is -2.75. The monoisotopic (exact) mass is 348 g/mol. The van der Waals surface area contributed by atoms with E-state index in [9.17, 15) is 14.0 Å². The van der Waals surface area contributed by atoms with Crippen LogP contribution < -0.4 is 10.6 Å². The van der Waals surface area contributed by atoms with Crippen LogP contribution in [0.15, 0.2) is 18.2 Å². The highest BCUT2D eigenvalue weighted by molar-refractivity contribution is 5.93. The van der Waals surface area contributed by atoms with Crippen LogP contribution in [0.1, 0.15) is 39.2 Å². The third-order valence-corrected chi connectivity index (χ3v) is 3.55. The van der Waals surface area contributed by atoms with Crippen LogP contribution in [-0.4, -0.2) is 29.9 Å². The zero-order chi connectivity index (χ0) is 18.8. The molecular weight excluding hydrogens is 327 g/mol. The molecule has 0 bridgehead atoms. The predicted octanol–water partition coefficient (Wildman–Crippen LogP) is 2.75. The van der Waals surface area contributed by atoms with Crippen LogP contribution in [0.2, 0.25) is 0 Å². The number of fused-ring (bicyclic) bond motifs is 1. The average molecular weight is 348 g/mol. The molecule has 0 aromatic heterocycles. The Labute approximate surface area is 146 Å². The summed E-state index contributed by atoms with van der Waals surface area (Å²) in [7, 11) is 0. The SMILES string of the molecule is C#CC1c2cc(F)ccc2NC1(NC(=O)OC(C)(C)C)C(=O)OCC. The molecule has 0 radical (unpaired) electrons. The summed E-state index contributed by atoms with van der Waals surface area (Å²) in [4.78, 5) is 24.9. The fourth-order valence-corrected chi connectivity index (χ4v) is 2.65. The Morgan fingerprint density at radius 1 is 1.44 bits per heavy atom. The lowest BCUT2D eigenvalue weighted by atomic mass is 9.90. The third-order valence-electron chi connectivity index (χ3n) is 3.55. The zero-order valence-corrected chi connectivity index (χ0v) is 14.6. The molecule has 2 atom stereocenters. The maximum Gasteiger partial charge on any atom is 0.410 e. The molecule has 25 heavy (non-hydrogen) atoms. The van der Waals surface area contributed by atoms with Crippen molar-refractivity contribution < 1.29 is 23.5 Å². The van der Waals surface area contributed by atoms with Crippen LogP contribution in [0.5, 0.6) is 0 Å². The maximum absolute atomic E-state index is 13.6. The Bertz CT molecular complexity index is 736. The minimum atomic E-state index is -1.77. The molecule has 0 saturated carbocycles. The van der Waals surface area contributed by atoms with Gasteiger partial charge in [-0.3, -0.25) is 5.32 Å². The van der Waals surface area contributed by atoms with Gasteiger partial charge >= 0.3 is 12.1 Å². The normalized spacial score (nSPS) is 21.5. The highest BCUT2D eigenvalue weighted by atomic mass is 19.1. The van der Waals surface area contributed by atoms with E-state index in [0.29, 0.717) is 11.3 Å². The Kier molecular flexibility index (Phi) is 4.93. The fraction of sp³-hybridized carbons (Fsp3) is 0.444. The van der Waals surface area contributed by atoms with Crippen LogP contribution in [0.25, 0.3) is 0 Å². The Morgan fingerprint density at radius 3 is 2.68 bits per heavy atom. The van der Waals surface area contributed by atoms with Gasteiger partial charge < -0.3 is 14.8 Å². The largest absolute Gasteiger partial charge is 0.463 e. The van der Waals surface area contributed by atoms with E-state index in [0.717, 1.165) is 0 Å². The summed E-state index contributed by atoms with van der Waals surface area (Å²) in [6.07, 6.45) is 4.75. The van der Waals surface area contributed by atoms with Crippen molar-refractivity contribution in [2.24, 2.45) is 0 Å². The number of alkyl carbamates (subject to hydrolysis) is 1. The molecule has 134 valence electrons. The highest BCUT2D eigenvalue weighted by Gasteiger charge is 2.54. The van der Waals surface area contributed by atoms with Gasteiger partial charge in [0.1, 0.15) is 17.3 Å². The number of nitrogens with one attached hydrogen (secondary N) is 2. The van der Waals surface area contributed by atoms with Crippen LogP contribution >= 0.6 is 0 Å². The van der Waals surface area contributed by atoms with Gasteiger partial charge in [-0.2, -0.15) is 0 Å². The van der Waals surface area contributed by atoms with Gasteiger partial charge in [-0.25, -0.2) is 14.0 Å².